The number of rotatable bonds is 6. The van der Waals surface area contributed by atoms with E-state index < -0.39 is 12.1 Å². The second-order valence-electron chi connectivity index (χ2n) is 5.90. The maximum absolute atomic E-state index is 12.2. The third-order valence-corrected chi connectivity index (χ3v) is 3.94. The van der Waals surface area contributed by atoms with Crippen molar-refractivity contribution in [3.63, 3.8) is 0 Å². The van der Waals surface area contributed by atoms with Gasteiger partial charge in [0.1, 0.15) is 0 Å². The summed E-state index contributed by atoms with van der Waals surface area (Å²) in [5.74, 6) is -0.997. The Morgan fingerprint density at radius 3 is 2.65 bits per heavy atom. The molecule has 8 nitrogen and oxygen atoms in total. The summed E-state index contributed by atoms with van der Waals surface area (Å²) >= 11 is 0. The van der Waals surface area contributed by atoms with Crippen molar-refractivity contribution in [2.24, 2.45) is 7.05 Å². The maximum Gasteiger partial charge on any atom is 0.312 e. The molecular formula is C18H20N4O4. The van der Waals surface area contributed by atoms with E-state index in [-0.39, 0.29) is 30.9 Å². The van der Waals surface area contributed by atoms with Crippen molar-refractivity contribution in [2.45, 2.75) is 25.9 Å². The summed E-state index contributed by atoms with van der Waals surface area (Å²) in [6.45, 7) is 1.75. The van der Waals surface area contributed by atoms with Crippen molar-refractivity contribution in [3.8, 4) is 6.07 Å². The van der Waals surface area contributed by atoms with Gasteiger partial charge in [0, 0.05) is 26.0 Å². The molecule has 1 amide bonds. The molecule has 0 saturated heterocycles. The monoisotopic (exact) mass is 356 g/mol. The Labute approximate surface area is 150 Å². The lowest BCUT2D eigenvalue weighted by atomic mass is 10.1. The van der Waals surface area contributed by atoms with Crippen LogP contribution in [-0.4, -0.2) is 46.3 Å². The van der Waals surface area contributed by atoms with Gasteiger partial charge >= 0.3 is 5.97 Å². The lowest BCUT2D eigenvalue weighted by molar-refractivity contribution is -0.158. The highest BCUT2D eigenvalue weighted by atomic mass is 16.5. The lowest BCUT2D eigenvalue weighted by Gasteiger charge is -2.20. The number of likely N-dealkylation sites (N-methyl/N-ethyl adjacent to an activating group) is 1. The van der Waals surface area contributed by atoms with Gasteiger partial charge in [-0.25, -0.2) is 4.68 Å². The molecule has 8 heteroatoms. The van der Waals surface area contributed by atoms with Crippen LogP contribution in [0.1, 0.15) is 19.0 Å². The molecule has 1 heterocycles. The van der Waals surface area contributed by atoms with Crippen LogP contribution in [0.2, 0.25) is 0 Å². The molecule has 136 valence electrons. The molecule has 0 unspecified atom stereocenters. The first-order valence-electron chi connectivity index (χ1n) is 8.11. The molecule has 0 aliphatic heterocycles. The quantitative estimate of drug-likeness (QED) is 0.708. The Bertz CT molecular complexity index is 929. The zero-order valence-corrected chi connectivity index (χ0v) is 14.9. The van der Waals surface area contributed by atoms with Gasteiger partial charge in [0.2, 0.25) is 0 Å². The Balaban J connectivity index is 2.12. The second-order valence-corrected chi connectivity index (χ2v) is 5.90. The molecule has 1 aromatic carbocycles. The number of hydrogen-bond acceptors (Lipinski definition) is 6. The van der Waals surface area contributed by atoms with Crippen LogP contribution in [0, 0.1) is 11.3 Å². The van der Waals surface area contributed by atoms with Crippen molar-refractivity contribution in [1.82, 2.24) is 14.7 Å². The number of nitrogens with zero attached hydrogens (tertiary/aromatic N) is 4. The van der Waals surface area contributed by atoms with Crippen LogP contribution in [0.15, 0.2) is 29.1 Å². The third kappa shape index (κ3) is 4.25. The zero-order valence-electron chi connectivity index (χ0n) is 14.9. The molecule has 26 heavy (non-hydrogen) atoms. The molecule has 0 fully saturated rings. The van der Waals surface area contributed by atoms with Crippen LogP contribution in [-0.2, 0) is 27.8 Å². The van der Waals surface area contributed by atoms with Gasteiger partial charge < -0.3 is 9.64 Å². The second kappa shape index (κ2) is 8.25. The highest BCUT2D eigenvalue weighted by Crippen LogP contribution is 2.14. The van der Waals surface area contributed by atoms with Crippen molar-refractivity contribution in [1.29, 1.82) is 5.26 Å². The third-order valence-electron chi connectivity index (χ3n) is 3.94. The number of aromatic nitrogens is 2. The lowest BCUT2D eigenvalue weighted by Crippen LogP contribution is -2.38. The minimum absolute atomic E-state index is 0.159. The van der Waals surface area contributed by atoms with E-state index >= 15 is 0 Å². The molecule has 1 atom stereocenters. The summed E-state index contributed by atoms with van der Waals surface area (Å²) in [4.78, 5) is 37.8. The van der Waals surface area contributed by atoms with E-state index in [2.05, 4.69) is 5.10 Å². The highest BCUT2D eigenvalue weighted by molar-refractivity contribution is 5.88. The van der Waals surface area contributed by atoms with E-state index in [0.717, 1.165) is 0 Å². The van der Waals surface area contributed by atoms with Gasteiger partial charge in [-0.3, -0.25) is 14.4 Å². The topological polar surface area (TPSA) is 105 Å². The van der Waals surface area contributed by atoms with E-state index in [0.29, 0.717) is 16.5 Å². The molecule has 2 rings (SSSR count). The van der Waals surface area contributed by atoms with E-state index in [1.165, 1.54) is 23.6 Å². The fourth-order valence-electron chi connectivity index (χ4n) is 2.57. The largest absolute Gasteiger partial charge is 0.452 e. The van der Waals surface area contributed by atoms with E-state index in [4.69, 9.17) is 10.00 Å². The SMILES string of the molecule is C[C@H](OC(=O)Cc1nn(C)c(=O)c2ccccc12)C(=O)N(C)CCC#N. The van der Waals surface area contributed by atoms with Crippen molar-refractivity contribution in [2.75, 3.05) is 13.6 Å². The highest BCUT2D eigenvalue weighted by Gasteiger charge is 2.22. The van der Waals surface area contributed by atoms with Crippen LogP contribution < -0.4 is 5.56 Å². The van der Waals surface area contributed by atoms with Gasteiger partial charge in [-0.2, -0.15) is 10.4 Å². The minimum Gasteiger partial charge on any atom is -0.452 e. The summed E-state index contributed by atoms with van der Waals surface area (Å²) in [7, 11) is 3.06. The molecule has 1 aromatic heterocycles. The zero-order chi connectivity index (χ0) is 19.3. The van der Waals surface area contributed by atoms with E-state index in [1.807, 2.05) is 6.07 Å². The molecule has 0 aliphatic carbocycles. The number of amides is 1. The molecule has 0 bridgehead atoms. The molecule has 0 N–H and O–H groups in total. The number of ether oxygens (including phenoxy) is 1. The van der Waals surface area contributed by atoms with Crippen LogP contribution in [0.5, 0.6) is 0 Å². The Morgan fingerprint density at radius 2 is 2.00 bits per heavy atom. The standard InChI is InChI=1S/C18H20N4O4/c1-12(17(24)21(2)10-6-9-19)26-16(23)11-15-13-7-4-5-8-14(13)18(25)22(3)20-15/h4-5,7-8,12H,6,10-11H2,1-3H3/t12-/m0/s1. The number of carbonyl (C=O) groups is 2. The van der Waals surface area contributed by atoms with E-state index in [1.54, 1.807) is 31.3 Å². The Hall–Kier alpha value is -3.21. The fraction of sp³-hybridized carbons (Fsp3) is 0.389. The number of aryl methyl sites for hydroxylation is 1. The molecular weight excluding hydrogens is 336 g/mol. The number of nitriles is 1. The van der Waals surface area contributed by atoms with Gasteiger partial charge in [-0.15, -0.1) is 0 Å². The summed E-state index contributed by atoms with van der Waals surface area (Å²) in [5, 5.41) is 13.8. The van der Waals surface area contributed by atoms with Gasteiger partial charge in [-0.1, -0.05) is 18.2 Å². The molecule has 0 saturated carbocycles. The first kappa shape index (κ1) is 19.1. The smallest absolute Gasteiger partial charge is 0.312 e. The Kier molecular flexibility index (Phi) is 6.07. The number of carbonyl (C=O) groups excluding carboxylic acids is 2. The summed E-state index contributed by atoms with van der Waals surface area (Å²) in [6, 6.07) is 8.84. The normalized spacial score (nSPS) is 11.6. The van der Waals surface area contributed by atoms with Crippen LogP contribution in [0.3, 0.4) is 0 Å². The minimum atomic E-state index is -0.968. The van der Waals surface area contributed by atoms with Crippen LogP contribution >= 0.6 is 0 Å². The number of fused-ring (bicyclic) bond motifs is 1. The summed E-state index contributed by atoms with van der Waals surface area (Å²) in [6.07, 6.45) is -0.921. The van der Waals surface area contributed by atoms with Crippen molar-refractivity contribution < 1.29 is 14.3 Å². The first-order chi connectivity index (χ1) is 12.3. The predicted octanol–water partition coefficient (Wildman–Crippen LogP) is 0.780. The molecule has 2 aromatic rings. The first-order valence-corrected chi connectivity index (χ1v) is 8.11. The molecule has 0 spiro atoms. The maximum atomic E-state index is 12.2. The molecule has 0 aliphatic rings. The average Bonchev–Trinajstić information content (AvgIpc) is 2.63. The van der Waals surface area contributed by atoms with Crippen molar-refractivity contribution >= 4 is 22.6 Å². The van der Waals surface area contributed by atoms with Crippen LogP contribution in [0.25, 0.3) is 10.8 Å². The van der Waals surface area contributed by atoms with Gasteiger partial charge in [-0.05, 0) is 13.0 Å². The van der Waals surface area contributed by atoms with Gasteiger partial charge in [0.15, 0.2) is 6.10 Å². The van der Waals surface area contributed by atoms with Crippen molar-refractivity contribution in [3.05, 3.63) is 40.3 Å². The molecule has 0 radical (unpaired) electrons. The fourth-order valence-corrected chi connectivity index (χ4v) is 2.57. The average molecular weight is 356 g/mol. The van der Waals surface area contributed by atoms with Gasteiger partial charge in [0.25, 0.3) is 11.5 Å². The van der Waals surface area contributed by atoms with Gasteiger partial charge in [0.05, 0.1) is 30.0 Å². The Morgan fingerprint density at radius 1 is 1.35 bits per heavy atom. The number of benzene rings is 1. The number of hydrogen-bond donors (Lipinski definition) is 0. The summed E-state index contributed by atoms with van der Waals surface area (Å²) in [5.41, 5.74) is 0.158. The van der Waals surface area contributed by atoms with E-state index in [9.17, 15) is 14.4 Å². The number of esters is 1. The predicted molar refractivity (Wildman–Crippen MR) is 94.1 cm³/mol. The summed E-state index contributed by atoms with van der Waals surface area (Å²) < 4.78 is 6.37. The van der Waals surface area contributed by atoms with Crippen LogP contribution in [0.4, 0.5) is 0 Å².